The maximum absolute atomic E-state index is 12.8. The lowest BCUT2D eigenvalue weighted by atomic mass is 9.77. The number of rotatable bonds is 5. The van der Waals surface area contributed by atoms with Gasteiger partial charge in [0.2, 0.25) is 5.91 Å². The van der Waals surface area contributed by atoms with Crippen LogP contribution in [0.2, 0.25) is 0 Å². The van der Waals surface area contributed by atoms with Crippen LogP contribution in [0, 0.1) is 11.8 Å². The molecule has 1 aliphatic heterocycles. The van der Waals surface area contributed by atoms with Gasteiger partial charge in [0, 0.05) is 6.04 Å². The van der Waals surface area contributed by atoms with Crippen molar-refractivity contribution in [1.29, 1.82) is 0 Å². The summed E-state index contributed by atoms with van der Waals surface area (Å²) in [6.07, 6.45) is 8.45. The molecule has 0 aromatic heterocycles. The first kappa shape index (κ1) is 15.8. The van der Waals surface area contributed by atoms with E-state index >= 15 is 0 Å². The number of hydrogen-bond donors (Lipinski definition) is 1. The fraction of sp³-hybridized carbons (Fsp3) is 0.941. The van der Waals surface area contributed by atoms with E-state index in [2.05, 4.69) is 37.9 Å². The molecule has 3 nitrogen and oxygen atoms in total. The zero-order valence-electron chi connectivity index (χ0n) is 13.7. The Balaban J connectivity index is 2.16. The average Bonchev–Trinajstić information content (AvgIpc) is 2.76. The number of hydrogen-bond acceptors (Lipinski definition) is 2. The highest BCUT2D eigenvalue weighted by atomic mass is 16.2. The van der Waals surface area contributed by atoms with Crippen molar-refractivity contribution >= 4 is 5.91 Å². The summed E-state index contributed by atoms with van der Waals surface area (Å²) < 4.78 is 0. The van der Waals surface area contributed by atoms with Crippen molar-refractivity contribution < 1.29 is 4.79 Å². The molecule has 0 aromatic carbocycles. The lowest BCUT2D eigenvalue weighted by Gasteiger charge is -2.42. The van der Waals surface area contributed by atoms with Gasteiger partial charge in [-0.25, -0.2) is 0 Å². The molecule has 20 heavy (non-hydrogen) atoms. The molecule has 3 heteroatoms. The van der Waals surface area contributed by atoms with Crippen molar-refractivity contribution in [3.63, 3.8) is 0 Å². The van der Waals surface area contributed by atoms with Crippen molar-refractivity contribution in [1.82, 2.24) is 10.2 Å². The van der Waals surface area contributed by atoms with E-state index in [1.54, 1.807) is 0 Å². The summed E-state index contributed by atoms with van der Waals surface area (Å²) in [6, 6.07) is 0.537. The SMILES string of the molecule is CCCC1NC(CC)N(C2CCCCC2C(C)C)C1=O. The molecule has 0 aromatic rings. The Morgan fingerprint density at radius 2 is 1.95 bits per heavy atom. The Bertz CT molecular complexity index is 329. The Morgan fingerprint density at radius 3 is 2.55 bits per heavy atom. The molecule has 116 valence electrons. The third-order valence-electron chi connectivity index (χ3n) is 5.24. The minimum absolute atomic E-state index is 0.0692. The zero-order valence-corrected chi connectivity index (χ0v) is 13.7. The number of nitrogens with one attached hydrogen (secondary N) is 1. The highest BCUT2D eigenvalue weighted by molar-refractivity contribution is 5.84. The van der Waals surface area contributed by atoms with Crippen molar-refractivity contribution in [2.75, 3.05) is 0 Å². The number of carbonyl (C=O) groups excluding carboxylic acids is 1. The minimum Gasteiger partial charge on any atom is -0.323 e. The lowest BCUT2D eigenvalue weighted by Crippen LogP contribution is -2.50. The molecule has 0 bridgehead atoms. The maximum atomic E-state index is 12.8. The van der Waals surface area contributed by atoms with Gasteiger partial charge in [0.1, 0.15) is 0 Å². The van der Waals surface area contributed by atoms with Crippen LogP contribution in [-0.4, -0.2) is 29.1 Å². The average molecular weight is 280 g/mol. The Hall–Kier alpha value is -0.570. The second-order valence-electron chi connectivity index (χ2n) is 6.94. The number of amides is 1. The van der Waals surface area contributed by atoms with E-state index in [0.717, 1.165) is 19.3 Å². The van der Waals surface area contributed by atoms with Crippen LogP contribution in [0.25, 0.3) is 0 Å². The highest BCUT2D eigenvalue weighted by Crippen LogP contribution is 2.36. The standard InChI is InChI=1S/C17H32N2O/c1-5-9-14-17(20)19(16(6-2)18-14)15-11-8-7-10-13(15)12(3)4/h12-16,18H,5-11H2,1-4H3. The summed E-state index contributed by atoms with van der Waals surface area (Å²) in [6.45, 7) is 9.00. The summed E-state index contributed by atoms with van der Waals surface area (Å²) in [7, 11) is 0. The van der Waals surface area contributed by atoms with Crippen LogP contribution >= 0.6 is 0 Å². The molecule has 1 saturated carbocycles. The smallest absolute Gasteiger partial charge is 0.241 e. The minimum atomic E-state index is 0.0692. The maximum Gasteiger partial charge on any atom is 0.241 e. The normalized spacial score (nSPS) is 35.0. The molecule has 1 saturated heterocycles. The predicted octanol–water partition coefficient (Wildman–Crippen LogP) is 3.54. The lowest BCUT2D eigenvalue weighted by molar-refractivity contribution is -0.135. The third kappa shape index (κ3) is 3.03. The molecular weight excluding hydrogens is 248 g/mol. The first-order valence-electron chi connectivity index (χ1n) is 8.68. The third-order valence-corrected chi connectivity index (χ3v) is 5.24. The first-order valence-corrected chi connectivity index (χ1v) is 8.68. The molecule has 1 aliphatic carbocycles. The van der Waals surface area contributed by atoms with Gasteiger partial charge in [-0.15, -0.1) is 0 Å². The van der Waals surface area contributed by atoms with Gasteiger partial charge in [-0.3, -0.25) is 10.1 Å². The van der Waals surface area contributed by atoms with Gasteiger partial charge in [-0.05, 0) is 37.5 Å². The van der Waals surface area contributed by atoms with E-state index in [4.69, 9.17) is 0 Å². The highest BCUT2D eigenvalue weighted by Gasteiger charge is 2.44. The van der Waals surface area contributed by atoms with E-state index in [1.165, 1.54) is 25.7 Å². The zero-order chi connectivity index (χ0) is 14.7. The van der Waals surface area contributed by atoms with Gasteiger partial charge < -0.3 is 4.90 Å². The summed E-state index contributed by atoms with van der Waals surface area (Å²) >= 11 is 0. The molecule has 4 unspecified atom stereocenters. The quantitative estimate of drug-likeness (QED) is 0.835. The van der Waals surface area contributed by atoms with E-state index in [9.17, 15) is 4.79 Å². The van der Waals surface area contributed by atoms with Crippen LogP contribution in [-0.2, 0) is 4.79 Å². The van der Waals surface area contributed by atoms with Crippen LogP contribution < -0.4 is 5.32 Å². The van der Waals surface area contributed by atoms with Gasteiger partial charge >= 0.3 is 0 Å². The molecule has 1 heterocycles. The van der Waals surface area contributed by atoms with Gasteiger partial charge in [0.15, 0.2) is 0 Å². The van der Waals surface area contributed by atoms with Gasteiger partial charge in [0.25, 0.3) is 0 Å². The van der Waals surface area contributed by atoms with Gasteiger partial charge in [0.05, 0.1) is 12.2 Å². The van der Waals surface area contributed by atoms with Crippen molar-refractivity contribution in [2.45, 2.75) is 90.9 Å². The Labute approximate surface area is 124 Å². The topological polar surface area (TPSA) is 32.3 Å². The fourth-order valence-corrected chi connectivity index (χ4v) is 4.18. The van der Waals surface area contributed by atoms with Crippen molar-refractivity contribution in [3.8, 4) is 0 Å². The van der Waals surface area contributed by atoms with Crippen molar-refractivity contribution in [2.24, 2.45) is 11.8 Å². The molecular formula is C17H32N2O. The van der Waals surface area contributed by atoms with E-state index in [1.807, 2.05) is 0 Å². The molecule has 2 aliphatic rings. The summed E-state index contributed by atoms with van der Waals surface area (Å²) in [4.78, 5) is 15.0. The van der Waals surface area contributed by atoms with Crippen molar-refractivity contribution in [3.05, 3.63) is 0 Å². The molecule has 0 radical (unpaired) electrons. The molecule has 1 amide bonds. The molecule has 2 rings (SSSR count). The molecule has 2 fully saturated rings. The monoisotopic (exact) mass is 280 g/mol. The molecule has 4 atom stereocenters. The van der Waals surface area contributed by atoms with Crippen LogP contribution in [0.15, 0.2) is 0 Å². The van der Waals surface area contributed by atoms with Crippen LogP contribution in [0.3, 0.4) is 0 Å². The second-order valence-corrected chi connectivity index (χ2v) is 6.94. The fourth-order valence-electron chi connectivity index (χ4n) is 4.18. The summed E-state index contributed by atoms with van der Waals surface area (Å²) in [5, 5.41) is 3.57. The van der Waals surface area contributed by atoms with Crippen LogP contribution in [0.4, 0.5) is 0 Å². The first-order chi connectivity index (χ1) is 9.60. The molecule has 1 N–H and O–H groups in total. The molecule has 0 spiro atoms. The van der Waals surface area contributed by atoms with E-state index in [-0.39, 0.29) is 12.2 Å². The van der Waals surface area contributed by atoms with E-state index in [0.29, 0.717) is 23.8 Å². The van der Waals surface area contributed by atoms with Gasteiger partial charge in [-0.1, -0.05) is 47.0 Å². The number of carbonyl (C=O) groups is 1. The Kier molecular flexibility index (Phi) is 5.48. The van der Waals surface area contributed by atoms with Crippen LogP contribution in [0.5, 0.6) is 0 Å². The number of nitrogens with zero attached hydrogens (tertiary/aromatic N) is 1. The predicted molar refractivity (Wildman–Crippen MR) is 83.3 cm³/mol. The Morgan fingerprint density at radius 1 is 1.25 bits per heavy atom. The second kappa shape index (κ2) is 6.93. The summed E-state index contributed by atoms with van der Waals surface area (Å²) in [5.41, 5.74) is 0. The van der Waals surface area contributed by atoms with Crippen LogP contribution in [0.1, 0.15) is 72.6 Å². The van der Waals surface area contributed by atoms with Gasteiger partial charge in [-0.2, -0.15) is 0 Å². The summed E-state index contributed by atoms with van der Waals surface area (Å²) in [5.74, 6) is 1.73. The largest absolute Gasteiger partial charge is 0.323 e. The van der Waals surface area contributed by atoms with E-state index < -0.39 is 0 Å².